The SMILES string of the molecule is O=C(O)NCCC[C@@H](CNC(=O)c1cc2ccc(-c3ccc4c(c3)OCO4)cc2[nH]1)NC(=O)O. The minimum atomic E-state index is -1.22. The maximum atomic E-state index is 12.7. The van der Waals surface area contributed by atoms with Gasteiger partial charge >= 0.3 is 12.2 Å². The van der Waals surface area contributed by atoms with Crippen LogP contribution < -0.4 is 25.4 Å². The average molecular weight is 468 g/mol. The van der Waals surface area contributed by atoms with Gasteiger partial charge in [-0.25, -0.2) is 9.59 Å². The van der Waals surface area contributed by atoms with Crippen LogP contribution in [-0.2, 0) is 0 Å². The number of carboxylic acid groups (broad SMARTS) is 2. The van der Waals surface area contributed by atoms with Crippen molar-refractivity contribution >= 4 is 29.0 Å². The van der Waals surface area contributed by atoms with Crippen LogP contribution in [0.2, 0.25) is 0 Å². The first-order valence-electron chi connectivity index (χ1n) is 10.7. The molecule has 2 heterocycles. The standard InChI is InChI=1S/C23H24N4O7/c28-21(25-11-16(26-23(31)32)2-1-7-24-22(29)30)18-9-15-4-3-13(8-17(15)27-18)14-5-6-19-20(10-14)34-12-33-19/h3-6,8-10,16,24,26-27H,1-2,7,11-12H2,(H,25,28)(H,29,30)(H,31,32)/t16-/m0/s1. The highest BCUT2D eigenvalue weighted by molar-refractivity contribution is 5.98. The molecule has 0 spiro atoms. The Morgan fingerprint density at radius 2 is 1.71 bits per heavy atom. The van der Waals surface area contributed by atoms with E-state index in [4.69, 9.17) is 19.7 Å². The van der Waals surface area contributed by atoms with Gasteiger partial charge in [-0.3, -0.25) is 4.79 Å². The number of amides is 3. The summed E-state index contributed by atoms with van der Waals surface area (Å²) in [4.78, 5) is 37.3. The number of ether oxygens (including phenoxy) is 2. The Kier molecular flexibility index (Phi) is 6.72. The molecule has 4 rings (SSSR count). The summed E-state index contributed by atoms with van der Waals surface area (Å²) >= 11 is 0. The first kappa shape index (κ1) is 22.8. The Morgan fingerprint density at radius 1 is 0.941 bits per heavy atom. The molecule has 0 bridgehead atoms. The maximum Gasteiger partial charge on any atom is 0.404 e. The number of rotatable bonds is 9. The molecule has 0 fully saturated rings. The number of carbonyl (C=O) groups is 3. The van der Waals surface area contributed by atoms with E-state index in [2.05, 4.69) is 20.9 Å². The molecule has 2 aromatic carbocycles. The summed E-state index contributed by atoms with van der Waals surface area (Å²) in [5, 5.41) is 25.8. The van der Waals surface area contributed by atoms with Gasteiger partial charge in [0, 0.05) is 30.0 Å². The Morgan fingerprint density at radius 3 is 2.50 bits per heavy atom. The van der Waals surface area contributed by atoms with Crippen molar-refractivity contribution in [1.82, 2.24) is 20.9 Å². The summed E-state index contributed by atoms with van der Waals surface area (Å²) < 4.78 is 10.8. The van der Waals surface area contributed by atoms with Gasteiger partial charge in [0.05, 0.1) is 0 Å². The monoisotopic (exact) mass is 468 g/mol. The number of nitrogens with one attached hydrogen (secondary N) is 4. The van der Waals surface area contributed by atoms with Crippen LogP contribution in [0, 0.1) is 0 Å². The van der Waals surface area contributed by atoms with E-state index in [9.17, 15) is 14.4 Å². The highest BCUT2D eigenvalue weighted by Gasteiger charge is 2.17. The van der Waals surface area contributed by atoms with Crippen LogP contribution in [0.3, 0.4) is 0 Å². The number of H-pyrrole nitrogens is 1. The fourth-order valence-corrected chi connectivity index (χ4v) is 3.76. The third kappa shape index (κ3) is 5.49. The fourth-order valence-electron chi connectivity index (χ4n) is 3.76. The second kappa shape index (κ2) is 10.0. The number of hydrogen-bond donors (Lipinski definition) is 6. The lowest BCUT2D eigenvalue weighted by Crippen LogP contribution is -2.43. The van der Waals surface area contributed by atoms with Crippen LogP contribution in [0.1, 0.15) is 23.3 Å². The van der Waals surface area contributed by atoms with Crippen molar-refractivity contribution in [3.63, 3.8) is 0 Å². The molecule has 6 N–H and O–H groups in total. The lowest BCUT2D eigenvalue weighted by molar-refractivity contribution is 0.0943. The zero-order valence-electron chi connectivity index (χ0n) is 18.1. The number of aromatic nitrogens is 1. The van der Waals surface area contributed by atoms with Crippen LogP contribution in [0.4, 0.5) is 9.59 Å². The molecule has 1 atom stereocenters. The maximum absolute atomic E-state index is 12.7. The van der Waals surface area contributed by atoms with E-state index in [0.717, 1.165) is 22.0 Å². The van der Waals surface area contributed by atoms with E-state index in [-0.39, 0.29) is 25.8 Å². The Labute approximate surface area is 194 Å². The average Bonchev–Trinajstić information content (AvgIpc) is 3.45. The van der Waals surface area contributed by atoms with Gasteiger partial charge in [-0.1, -0.05) is 18.2 Å². The van der Waals surface area contributed by atoms with Crippen molar-refractivity contribution in [1.29, 1.82) is 0 Å². The van der Waals surface area contributed by atoms with Crippen LogP contribution >= 0.6 is 0 Å². The molecule has 3 amide bonds. The highest BCUT2D eigenvalue weighted by Crippen LogP contribution is 2.36. The van der Waals surface area contributed by atoms with Crippen LogP contribution in [0.25, 0.3) is 22.0 Å². The summed E-state index contributed by atoms with van der Waals surface area (Å²) in [6.45, 7) is 0.458. The first-order valence-corrected chi connectivity index (χ1v) is 10.7. The quantitative estimate of drug-likeness (QED) is 0.263. The smallest absolute Gasteiger partial charge is 0.404 e. The highest BCUT2D eigenvalue weighted by atomic mass is 16.7. The summed E-state index contributed by atoms with van der Waals surface area (Å²) in [6, 6.07) is 12.7. The van der Waals surface area contributed by atoms with Gasteiger partial charge in [0.2, 0.25) is 6.79 Å². The third-order valence-electron chi connectivity index (χ3n) is 5.42. The van der Waals surface area contributed by atoms with Crippen molar-refractivity contribution < 1.29 is 34.1 Å². The molecule has 11 heteroatoms. The third-order valence-corrected chi connectivity index (χ3v) is 5.42. The first-order chi connectivity index (χ1) is 16.4. The van der Waals surface area contributed by atoms with E-state index in [1.54, 1.807) is 6.07 Å². The second-order valence-corrected chi connectivity index (χ2v) is 7.78. The predicted molar refractivity (Wildman–Crippen MR) is 122 cm³/mol. The molecule has 3 aromatic rings. The van der Waals surface area contributed by atoms with Crippen LogP contribution in [0.5, 0.6) is 11.5 Å². The lowest BCUT2D eigenvalue weighted by atomic mass is 10.0. The molecule has 11 nitrogen and oxygen atoms in total. The van der Waals surface area contributed by atoms with Crippen molar-refractivity contribution in [2.24, 2.45) is 0 Å². The van der Waals surface area contributed by atoms with Gasteiger partial charge < -0.3 is 40.6 Å². The van der Waals surface area contributed by atoms with E-state index in [1.807, 2.05) is 36.4 Å². The summed E-state index contributed by atoms with van der Waals surface area (Å²) in [7, 11) is 0. The molecular weight excluding hydrogens is 444 g/mol. The lowest BCUT2D eigenvalue weighted by Gasteiger charge is -2.17. The Balaban J connectivity index is 1.40. The molecule has 1 aromatic heterocycles. The van der Waals surface area contributed by atoms with Crippen LogP contribution in [-0.4, -0.2) is 59.2 Å². The molecular formula is C23H24N4O7. The van der Waals surface area contributed by atoms with Crippen molar-refractivity contribution in [3.05, 3.63) is 48.2 Å². The number of aromatic amines is 1. The molecule has 1 aliphatic rings. The molecule has 1 aliphatic heterocycles. The zero-order valence-corrected chi connectivity index (χ0v) is 18.1. The minimum Gasteiger partial charge on any atom is -0.465 e. The van der Waals surface area contributed by atoms with Crippen LogP contribution in [0.15, 0.2) is 42.5 Å². The largest absolute Gasteiger partial charge is 0.465 e. The topological polar surface area (TPSA) is 162 Å². The molecule has 0 saturated carbocycles. The molecule has 0 unspecified atom stereocenters. The van der Waals surface area contributed by atoms with Crippen molar-refractivity contribution in [2.45, 2.75) is 18.9 Å². The predicted octanol–water partition coefficient (Wildman–Crippen LogP) is 2.98. The van der Waals surface area contributed by atoms with E-state index < -0.39 is 18.2 Å². The molecule has 0 aliphatic carbocycles. The number of hydrogen-bond acceptors (Lipinski definition) is 5. The van der Waals surface area contributed by atoms with Gasteiger partial charge in [-0.2, -0.15) is 0 Å². The summed E-state index contributed by atoms with van der Waals surface area (Å²) in [5.74, 6) is 1.02. The van der Waals surface area contributed by atoms with E-state index in [1.165, 1.54) is 0 Å². The summed E-state index contributed by atoms with van der Waals surface area (Å²) in [5.41, 5.74) is 3.02. The Hall–Kier alpha value is -4.41. The normalized spacial score (nSPS) is 12.8. The Bertz CT molecular complexity index is 1220. The van der Waals surface area contributed by atoms with Gasteiger partial charge in [0.25, 0.3) is 5.91 Å². The van der Waals surface area contributed by atoms with Crippen molar-refractivity contribution in [2.75, 3.05) is 19.9 Å². The minimum absolute atomic E-state index is 0.0655. The fraction of sp³-hybridized carbons (Fsp3) is 0.261. The van der Waals surface area contributed by atoms with Crippen molar-refractivity contribution in [3.8, 4) is 22.6 Å². The molecule has 0 saturated heterocycles. The molecule has 0 radical (unpaired) electrons. The second-order valence-electron chi connectivity index (χ2n) is 7.78. The number of benzene rings is 2. The summed E-state index contributed by atoms with van der Waals surface area (Å²) in [6.07, 6.45) is -1.58. The molecule has 178 valence electrons. The van der Waals surface area contributed by atoms with Gasteiger partial charge in [0.1, 0.15) is 5.69 Å². The van der Waals surface area contributed by atoms with E-state index in [0.29, 0.717) is 30.0 Å². The zero-order chi connectivity index (χ0) is 24.1. The van der Waals surface area contributed by atoms with Gasteiger partial charge in [-0.05, 0) is 48.2 Å². The number of carbonyl (C=O) groups excluding carboxylic acids is 1. The number of fused-ring (bicyclic) bond motifs is 2. The van der Waals surface area contributed by atoms with E-state index >= 15 is 0 Å². The van der Waals surface area contributed by atoms with Gasteiger partial charge in [-0.15, -0.1) is 0 Å². The van der Waals surface area contributed by atoms with Gasteiger partial charge in [0.15, 0.2) is 11.5 Å². The molecule has 34 heavy (non-hydrogen) atoms.